The summed E-state index contributed by atoms with van der Waals surface area (Å²) in [5.41, 5.74) is -0.437. The van der Waals surface area contributed by atoms with Crippen LogP contribution in [0.1, 0.15) is 17.2 Å². The van der Waals surface area contributed by atoms with Gasteiger partial charge in [-0.15, -0.1) is 0 Å². The Morgan fingerprint density at radius 2 is 2.18 bits per heavy atom. The predicted octanol–water partition coefficient (Wildman–Crippen LogP) is 2.73. The first-order chi connectivity index (χ1) is 7.99. The monoisotopic (exact) mass is 245 g/mol. The normalized spacial score (nSPS) is 12.9. The molecule has 0 aliphatic heterocycles. The minimum Gasteiger partial charge on any atom is -0.375 e. The van der Waals surface area contributed by atoms with Gasteiger partial charge in [-0.3, -0.25) is 0 Å². The molecule has 0 radical (unpaired) electrons. The third-order valence-corrected chi connectivity index (χ3v) is 2.19. The second kappa shape index (κ2) is 5.61. The van der Waals surface area contributed by atoms with E-state index in [1.807, 2.05) is 0 Å². The summed E-state index contributed by atoms with van der Waals surface area (Å²) < 4.78 is 42.3. The predicted molar refractivity (Wildman–Crippen MR) is 54.2 cm³/mol. The quantitative estimate of drug-likeness (QED) is 0.604. The molecule has 0 bridgehead atoms. The van der Waals surface area contributed by atoms with Gasteiger partial charge in [-0.25, -0.2) is 9.79 Å². The van der Waals surface area contributed by atoms with E-state index in [0.29, 0.717) is 5.56 Å². The number of carbonyl (C=O) groups excluding carboxylic acids is 1. The number of methoxy groups -OCH3 is 1. The molecule has 1 atom stereocenters. The fourth-order valence-electron chi connectivity index (χ4n) is 1.35. The summed E-state index contributed by atoms with van der Waals surface area (Å²) >= 11 is 0. The molecule has 0 heterocycles. The van der Waals surface area contributed by atoms with Crippen molar-refractivity contribution in [1.29, 1.82) is 0 Å². The molecule has 1 aromatic rings. The van der Waals surface area contributed by atoms with Crippen LogP contribution in [0.3, 0.4) is 0 Å². The molecule has 0 aliphatic carbocycles. The van der Waals surface area contributed by atoms with Crippen LogP contribution < -0.4 is 0 Å². The second-order valence-electron chi connectivity index (χ2n) is 3.28. The van der Waals surface area contributed by atoms with E-state index >= 15 is 0 Å². The lowest BCUT2D eigenvalue weighted by molar-refractivity contribution is -0.137. The number of nitrogens with zero attached hydrogens (tertiary/aromatic N) is 1. The van der Waals surface area contributed by atoms with E-state index < -0.39 is 17.8 Å². The van der Waals surface area contributed by atoms with Crippen LogP contribution in [-0.2, 0) is 15.7 Å². The molecule has 0 fully saturated rings. The molecule has 1 aromatic carbocycles. The lowest BCUT2D eigenvalue weighted by Gasteiger charge is -2.14. The Labute approximate surface area is 95.9 Å². The SMILES string of the molecule is COC(CN=C=O)c1cccc(C(F)(F)F)c1. The van der Waals surface area contributed by atoms with Crippen molar-refractivity contribution in [2.45, 2.75) is 12.3 Å². The summed E-state index contributed by atoms with van der Waals surface area (Å²) in [4.78, 5) is 13.3. The van der Waals surface area contributed by atoms with Gasteiger partial charge in [0.25, 0.3) is 0 Å². The number of isocyanates is 1. The van der Waals surface area contributed by atoms with Crippen LogP contribution in [0.5, 0.6) is 0 Å². The molecule has 0 saturated heterocycles. The first kappa shape index (κ1) is 13.4. The standard InChI is InChI=1S/C11H10F3NO2/c1-17-10(6-15-7-16)8-3-2-4-9(5-8)11(12,13)14/h2-5,10H,6H2,1H3. The lowest BCUT2D eigenvalue weighted by atomic mass is 10.1. The Hall–Kier alpha value is -1.65. The summed E-state index contributed by atoms with van der Waals surface area (Å²) in [6.07, 6.45) is -3.76. The van der Waals surface area contributed by atoms with E-state index in [-0.39, 0.29) is 6.54 Å². The fraction of sp³-hybridized carbons (Fsp3) is 0.364. The molecular weight excluding hydrogens is 235 g/mol. The maximum atomic E-state index is 12.5. The minimum atomic E-state index is -4.40. The van der Waals surface area contributed by atoms with Crippen LogP contribution in [0.15, 0.2) is 29.3 Å². The van der Waals surface area contributed by atoms with Gasteiger partial charge in [0, 0.05) is 7.11 Å². The first-order valence-corrected chi connectivity index (χ1v) is 4.72. The fourth-order valence-corrected chi connectivity index (χ4v) is 1.35. The highest BCUT2D eigenvalue weighted by Crippen LogP contribution is 2.31. The van der Waals surface area contributed by atoms with Gasteiger partial charge in [0.1, 0.15) is 6.10 Å². The number of alkyl halides is 3. The Balaban J connectivity index is 3.00. The zero-order valence-electron chi connectivity index (χ0n) is 8.99. The summed E-state index contributed by atoms with van der Waals surface area (Å²) in [6.45, 7) is -0.0543. The molecule has 1 unspecified atom stereocenters. The number of halogens is 3. The van der Waals surface area contributed by atoms with E-state index in [1.165, 1.54) is 25.3 Å². The van der Waals surface area contributed by atoms with Crippen LogP contribution in [0.4, 0.5) is 13.2 Å². The first-order valence-electron chi connectivity index (χ1n) is 4.72. The van der Waals surface area contributed by atoms with Crippen LogP contribution in [0, 0.1) is 0 Å². The Kier molecular flexibility index (Phi) is 4.43. The summed E-state index contributed by atoms with van der Waals surface area (Å²) in [7, 11) is 1.34. The van der Waals surface area contributed by atoms with E-state index in [1.54, 1.807) is 0 Å². The van der Waals surface area contributed by atoms with Gasteiger partial charge in [0.05, 0.1) is 12.1 Å². The number of benzene rings is 1. The summed E-state index contributed by atoms with van der Waals surface area (Å²) in [5.74, 6) is 0. The van der Waals surface area contributed by atoms with Gasteiger partial charge in [0.15, 0.2) is 0 Å². The highest BCUT2D eigenvalue weighted by molar-refractivity contribution is 5.33. The van der Waals surface area contributed by atoms with Gasteiger partial charge < -0.3 is 4.74 Å². The zero-order valence-corrected chi connectivity index (χ0v) is 8.99. The highest BCUT2D eigenvalue weighted by Gasteiger charge is 2.30. The molecule has 0 aromatic heterocycles. The smallest absolute Gasteiger partial charge is 0.375 e. The van der Waals surface area contributed by atoms with E-state index in [0.717, 1.165) is 12.1 Å². The Bertz CT molecular complexity index is 425. The number of hydrogen-bond donors (Lipinski definition) is 0. The molecule has 92 valence electrons. The van der Waals surface area contributed by atoms with E-state index in [2.05, 4.69) is 4.99 Å². The molecule has 6 heteroatoms. The van der Waals surface area contributed by atoms with Crippen LogP contribution in [0.25, 0.3) is 0 Å². The van der Waals surface area contributed by atoms with Crippen molar-refractivity contribution in [2.75, 3.05) is 13.7 Å². The third-order valence-electron chi connectivity index (χ3n) is 2.19. The molecule has 17 heavy (non-hydrogen) atoms. The van der Waals surface area contributed by atoms with Crippen molar-refractivity contribution in [1.82, 2.24) is 0 Å². The van der Waals surface area contributed by atoms with Crippen molar-refractivity contribution in [3.63, 3.8) is 0 Å². The van der Waals surface area contributed by atoms with Crippen LogP contribution in [0.2, 0.25) is 0 Å². The molecule has 0 spiro atoms. The molecule has 3 nitrogen and oxygen atoms in total. The largest absolute Gasteiger partial charge is 0.416 e. The molecule has 0 aliphatic rings. The van der Waals surface area contributed by atoms with Gasteiger partial charge in [-0.1, -0.05) is 12.1 Å². The van der Waals surface area contributed by atoms with Gasteiger partial charge in [-0.05, 0) is 17.7 Å². The Morgan fingerprint density at radius 3 is 2.71 bits per heavy atom. The topological polar surface area (TPSA) is 38.7 Å². The maximum Gasteiger partial charge on any atom is 0.416 e. The molecule has 1 rings (SSSR count). The average Bonchev–Trinajstić information content (AvgIpc) is 2.29. The number of rotatable bonds is 4. The highest BCUT2D eigenvalue weighted by atomic mass is 19.4. The van der Waals surface area contributed by atoms with Crippen molar-refractivity contribution in [3.8, 4) is 0 Å². The number of aliphatic imine (C=N–C) groups is 1. The third kappa shape index (κ3) is 3.69. The van der Waals surface area contributed by atoms with Gasteiger partial charge in [0.2, 0.25) is 6.08 Å². The van der Waals surface area contributed by atoms with Gasteiger partial charge >= 0.3 is 6.18 Å². The average molecular weight is 245 g/mol. The number of ether oxygens (including phenoxy) is 1. The second-order valence-corrected chi connectivity index (χ2v) is 3.28. The van der Waals surface area contributed by atoms with E-state index in [4.69, 9.17) is 4.74 Å². The molecular formula is C11H10F3NO2. The van der Waals surface area contributed by atoms with Crippen molar-refractivity contribution < 1.29 is 22.7 Å². The van der Waals surface area contributed by atoms with E-state index in [9.17, 15) is 18.0 Å². The van der Waals surface area contributed by atoms with Crippen molar-refractivity contribution >= 4 is 6.08 Å². The Morgan fingerprint density at radius 1 is 1.47 bits per heavy atom. The molecule has 0 amide bonds. The van der Waals surface area contributed by atoms with Crippen LogP contribution in [-0.4, -0.2) is 19.7 Å². The molecule has 0 saturated carbocycles. The van der Waals surface area contributed by atoms with Crippen molar-refractivity contribution in [3.05, 3.63) is 35.4 Å². The lowest BCUT2D eigenvalue weighted by Crippen LogP contribution is -2.09. The number of hydrogen-bond acceptors (Lipinski definition) is 3. The molecule has 0 N–H and O–H groups in total. The van der Waals surface area contributed by atoms with Crippen molar-refractivity contribution in [2.24, 2.45) is 4.99 Å². The minimum absolute atomic E-state index is 0.0543. The zero-order chi connectivity index (χ0) is 12.9. The summed E-state index contributed by atoms with van der Waals surface area (Å²) in [5, 5.41) is 0. The van der Waals surface area contributed by atoms with Crippen LogP contribution >= 0.6 is 0 Å². The summed E-state index contributed by atoms with van der Waals surface area (Å²) in [6, 6.07) is 4.73. The van der Waals surface area contributed by atoms with Gasteiger partial charge in [-0.2, -0.15) is 13.2 Å². The maximum absolute atomic E-state index is 12.5.